The summed E-state index contributed by atoms with van der Waals surface area (Å²) in [5, 5.41) is 5.96. The number of nitrogens with one attached hydrogen (secondary N) is 2. The molecule has 2 amide bonds. The highest BCUT2D eigenvalue weighted by molar-refractivity contribution is 5.74. The average molecular weight is 347 g/mol. The van der Waals surface area contributed by atoms with E-state index in [0.29, 0.717) is 19.6 Å². The Labute approximate surface area is 148 Å². The van der Waals surface area contributed by atoms with Crippen molar-refractivity contribution in [3.63, 3.8) is 0 Å². The van der Waals surface area contributed by atoms with E-state index in [-0.39, 0.29) is 24.0 Å². The maximum absolute atomic E-state index is 13.4. The van der Waals surface area contributed by atoms with Gasteiger partial charge in [-0.25, -0.2) is 9.18 Å². The molecule has 0 saturated carbocycles. The quantitative estimate of drug-likeness (QED) is 0.823. The van der Waals surface area contributed by atoms with Gasteiger partial charge in [-0.1, -0.05) is 23.8 Å². The first kappa shape index (κ1) is 17.9. The van der Waals surface area contributed by atoms with Gasteiger partial charge in [0.25, 0.3) is 0 Å². The maximum Gasteiger partial charge on any atom is 0.315 e. The fraction of sp³-hybridized carbons (Fsp3) is 0.526. The Morgan fingerprint density at radius 1 is 1.44 bits per heavy atom. The Hall–Kier alpha value is -1.92. The van der Waals surface area contributed by atoms with Crippen LogP contribution in [0.2, 0.25) is 0 Å². The highest BCUT2D eigenvalue weighted by Crippen LogP contribution is 2.28. The van der Waals surface area contributed by atoms with Crippen LogP contribution in [0.3, 0.4) is 0 Å². The van der Waals surface area contributed by atoms with Gasteiger partial charge in [0.15, 0.2) is 0 Å². The Bertz CT molecular complexity index is 635. The molecule has 5 nitrogen and oxygen atoms in total. The molecule has 3 rings (SSSR count). The van der Waals surface area contributed by atoms with Gasteiger partial charge in [-0.2, -0.15) is 0 Å². The molecule has 2 unspecified atom stereocenters. The van der Waals surface area contributed by atoms with Crippen molar-refractivity contribution in [2.24, 2.45) is 0 Å². The fourth-order valence-electron chi connectivity index (χ4n) is 3.27. The molecule has 136 valence electrons. The van der Waals surface area contributed by atoms with E-state index in [1.165, 1.54) is 17.7 Å². The van der Waals surface area contributed by atoms with E-state index >= 15 is 0 Å². The number of amides is 2. The van der Waals surface area contributed by atoms with E-state index in [2.05, 4.69) is 28.7 Å². The van der Waals surface area contributed by atoms with Crippen LogP contribution in [0.1, 0.15) is 30.9 Å². The Morgan fingerprint density at radius 3 is 3.08 bits per heavy atom. The van der Waals surface area contributed by atoms with Crippen molar-refractivity contribution in [3.05, 3.63) is 47.3 Å². The molecular weight excluding hydrogens is 321 g/mol. The number of hydrogen-bond acceptors (Lipinski definition) is 3. The van der Waals surface area contributed by atoms with E-state index < -0.39 is 0 Å². The van der Waals surface area contributed by atoms with E-state index in [4.69, 9.17) is 4.74 Å². The highest BCUT2D eigenvalue weighted by Gasteiger charge is 2.25. The van der Waals surface area contributed by atoms with Crippen LogP contribution in [0, 0.1) is 5.82 Å². The molecular formula is C19H26FN3O2. The molecule has 0 aliphatic carbocycles. The third-order valence-corrected chi connectivity index (χ3v) is 4.82. The van der Waals surface area contributed by atoms with Crippen molar-refractivity contribution in [1.29, 1.82) is 0 Å². The monoisotopic (exact) mass is 347 g/mol. The minimum absolute atomic E-state index is 0.0356. The number of benzene rings is 1. The number of ether oxygens (including phenoxy) is 1. The van der Waals surface area contributed by atoms with Crippen molar-refractivity contribution in [1.82, 2.24) is 15.5 Å². The first-order valence-electron chi connectivity index (χ1n) is 8.88. The summed E-state index contributed by atoms with van der Waals surface area (Å²) in [6, 6.07) is 6.36. The van der Waals surface area contributed by atoms with E-state index in [9.17, 15) is 9.18 Å². The summed E-state index contributed by atoms with van der Waals surface area (Å²) in [6.45, 7) is 3.12. The zero-order valence-electron chi connectivity index (χ0n) is 14.6. The molecule has 2 heterocycles. The number of rotatable bonds is 4. The van der Waals surface area contributed by atoms with Gasteiger partial charge in [0, 0.05) is 32.3 Å². The second-order valence-corrected chi connectivity index (χ2v) is 6.84. The molecule has 0 aromatic heterocycles. The first-order valence-corrected chi connectivity index (χ1v) is 8.88. The van der Waals surface area contributed by atoms with Crippen molar-refractivity contribution >= 4 is 6.03 Å². The van der Waals surface area contributed by atoms with Gasteiger partial charge < -0.3 is 20.3 Å². The summed E-state index contributed by atoms with van der Waals surface area (Å²) in [5.74, 6) is -0.264. The van der Waals surface area contributed by atoms with Crippen LogP contribution < -0.4 is 10.6 Å². The smallest absolute Gasteiger partial charge is 0.315 e. The van der Waals surface area contributed by atoms with Crippen molar-refractivity contribution in [3.8, 4) is 0 Å². The zero-order valence-corrected chi connectivity index (χ0v) is 14.6. The third kappa shape index (κ3) is 5.28. The summed E-state index contributed by atoms with van der Waals surface area (Å²) in [7, 11) is 2.09. The molecule has 0 bridgehead atoms. The number of urea groups is 1. The molecule has 2 aliphatic heterocycles. The topological polar surface area (TPSA) is 53.6 Å². The van der Waals surface area contributed by atoms with Crippen molar-refractivity contribution in [2.45, 2.75) is 31.4 Å². The fourth-order valence-corrected chi connectivity index (χ4v) is 3.27. The molecule has 1 aromatic carbocycles. The number of halogens is 1. The lowest BCUT2D eigenvalue weighted by Gasteiger charge is -2.30. The molecule has 1 aromatic rings. The van der Waals surface area contributed by atoms with Crippen LogP contribution in [-0.4, -0.2) is 50.3 Å². The molecule has 1 fully saturated rings. The molecule has 0 radical (unpaired) electrons. The lowest BCUT2D eigenvalue weighted by atomic mass is 9.97. The maximum atomic E-state index is 13.4. The number of carbonyl (C=O) groups is 1. The largest absolute Gasteiger partial charge is 0.373 e. The van der Waals surface area contributed by atoms with E-state index in [0.717, 1.165) is 31.5 Å². The van der Waals surface area contributed by atoms with Crippen LogP contribution in [-0.2, 0) is 4.74 Å². The van der Waals surface area contributed by atoms with Gasteiger partial charge >= 0.3 is 6.03 Å². The summed E-state index contributed by atoms with van der Waals surface area (Å²) in [6.07, 6.45) is 4.43. The van der Waals surface area contributed by atoms with E-state index in [1.54, 1.807) is 6.07 Å². The Balaban J connectivity index is 1.46. The Morgan fingerprint density at radius 2 is 2.32 bits per heavy atom. The van der Waals surface area contributed by atoms with Crippen LogP contribution in [0.15, 0.2) is 35.9 Å². The number of nitrogens with zero attached hydrogens (tertiary/aromatic N) is 1. The second-order valence-electron chi connectivity index (χ2n) is 6.84. The van der Waals surface area contributed by atoms with E-state index in [1.807, 2.05) is 6.07 Å². The van der Waals surface area contributed by atoms with Crippen LogP contribution in [0.5, 0.6) is 0 Å². The van der Waals surface area contributed by atoms with Gasteiger partial charge in [-0.05, 0) is 44.0 Å². The van der Waals surface area contributed by atoms with Crippen LogP contribution >= 0.6 is 0 Å². The molecule has 2 N–H and O–H groups in total. The van der Waals surface area contributed by atoms with Gasteiger partial charge in [0.1, 0.15) is 5.82 Å². The van der Waals surface area contributed by atoms with Gasteiger partial charge in [-0.3, -0.25) is 0 Å². The number of likely N-dealkylation sites (N-methyl/N-ethyl adjacent to an activating group) is 1. The molecule has 25 heavy (non-hydrogen) atoms. The van der Waals surface area contributed by atoms with Gasteiger partial charge in [-0.15, -0.1) is 0 Å². The number of carbonyl (C=O) groups excluding carboxylic acids is 1. The number of hydrogen-bond donors (Lipinski definition) is 2. The molecule has 1 saturated heterocycles. The lowest BCUT2D eigenvalue weighted by molar-refractivity contribution is 0.00211. The second kappa shape index (κ2) is 8.45. The molecule has 6 heteroatoms. The minimum atomic E-state index is -0.264. The zero-order chi connectivity index (χ0) is 17.6. The van der Waals surface area contributed by atoms with Crippen molar-refractivity contribution < 1.29 is 13.9 Å². The van der Waals surface area contributed by atoms with Gasteiger partial charge in [0.05, 0.1) is 6.10 Å². The summed E-state index contributed by atoms with van der Waals surface area (Å²) in [5.41, 5.74) is 2.10. The summed E-state index contributed by atoms with van der Waals surface area (Å²) < 4.78 is 19.1. The SMILES string of the molecule is CN1CC=C(CNC(=O)NC2CCOC(c3cccc(F)c3)C2)CC1. The predicted molar refractivity (Wildman–Crippen MR) is 94.8 cm³/mol. The average Bonchev–Trinajstić information content (AvgIpc) is 2.61. The van der Waals surface area contributed by atoms with Crippen molar-refractivity contribution in [2.75, 3.05) is 33.3 Å². The Kier molecular flexibility index (Phi) is 6.04. The molecule has 2 aliphatic rings. The lowest BCUT2D eigenvalue weighted by Crippen LogP contribution is -2.45. The predicted octanol–water partition coefficient (Wildman–Crippen LogP) is 2.61. The minimum Gasteiger partial charge on any atom is -0.373 e. The normalized spacial score (nSPS) is 24.5. The first-order chi connectivity index (χ1) is 12.1. The van der Waals surface area contributed by atoms with Gasteiger partial charge in [0.2, 0.25) is 0 Å². The summed E-state index contributed by atoms with van der Waals surface area (Å²) >= 11 is 0. The summed E-state index contributed by atoms with van der Waals surface area (Å²) in [4.78, 5) is 14.4. The van der Waals surface area contributed by atoms with Crippen LogP contribution in [0.25, 0.3) is 0 Å². The molecule has 0 spiro atoms. The molecule has 2 atom stereocenters. The third-order valence-electron chi connectivity index (χ3n) is 4.82. The highest BCUT2D eigenvalue weighted by atomic mass is 19.1. The standard InChI is InChI=1S/C19H26FN3O2/c1-23-8-5-14(6-9-23)13-21-19(24)22-17-7-10-25-18(12-17)15-3-2-4-16(20)11-15/h2-5,11,17-18H,6-10,12-13H2,1H3,(H2,21,22,24). The van der Waals surface area contributed by atoms with Crippen LogP contribution in [0.4, 0.5) is 9.18 Å².